The van der Waals surface area contributed by atoms with E-state index >= 15 is 0 Å². The van der Waals surface area contributed by atoms with Crippen molar-refractivity contribution in [3.8, 4) is 0 Å². The summed E-state index contributed by atoms with van der Waals surface area (Å²) in [5, 5.41) is 6.17. The van der Waals surface area contributed by atoms with Crippen LogP contribution >= 0.6 is 11.6 Å². The molecular weight excluding hydrogens is 681 g/mol. The Kier molecular flexibility index (Phi) is 17.3. The number of anilines is 1. The van der Waals surface area contributed by atoms with Gasteiger partial charge in [0.2, 0.25) is 5.96 Å². The number of nitrogens with zero attached hydrogens (tertiary/aromatic N) is 4. The van der Waals surface area contributed by atoms with Gasteiger partial charge < -0.3 is 29.6 Å². The van der Waals surface area contributed by atoms with Crippen LogP contribution in [0.5, 0.6) is 0 Å². The Bertz CT molecular complexity index is 1490. The zero-order valence-electron chi connectivity index (χ0n) is 28.8. The van der Waals surface area contributed by atoms with Crippen LogP contribution < -0.4 is 10.6 Å². The van der Waals surface area contributed by atoms with Crippen molar-refractivity contribution < 1.29 is 41.7 Å². The monoisotopic (exact) mass is 724 g/mol. The number of ether oxygens (including phenoxy) is 4. The number of aliphatic imine (C=N–C) groups is 3. The van der Waals surface area contributed by atoms with Gasteiger partial charge in [-0.15, -0.1) is 0 Å². The van der Waals surface area contributed by atoms with Gasteiger partial charge in [0, 0.05) is 30.9 Å². The normalized spacial score (nSPS) is 20.1. The van der Waals surface area contributed by atoms with Crippen LogP contribution in [0.15, 0.2) is 85.9 Å². The van der Waals surface area contributed by atoms with Gasteiger partial charge in [-0.25, -0.2) is 9.98 Å². The molecule has 12 nitrogen and oxygen atoms in total. The van der Waals surface area contributed by atoms with Crippen molar-refractivity contribution in [2.24, 2.45) is 20.4 Å². The van der Waals surface area contributed by atoms with Crippen LogP contribution in [0.1, 0.15) is 44.5 Å². The van der Waals surface area contributed by atoms with Crippen molar-refractivity contribution in [3.63, 3.8) is 0 Å². The number of allylic oxidation sites excluding steroid dienone is 4. The second kappa shape index (κ2) is 20.8. The van der Waals surface area contributed by atoms with Crippen molar-refractivity contribution >= 4 is 48.4 Å². The Morgan fingerprint density at radius 2 is 1.98 bits per heavy atom. The Morgan fingerprint density at radius 1 is 1.26 bits per heavy atom. The molecule has 1 amide bonds. The summed E-state index contributed by atoms with van der Waals surface area (Å²) < 4.78 is 59.3. The smallest absolute Gasteiger partial charge is 0.422 e. The standard InChI is InChI=1S/C34H44ClF3N6O6/c1-7-9-25-16-27(35)19-48-15-8-14-44(18-29(47-6)24(2)50-23-45)21-33(3,4)20-41-30(46)26-10-12-28(13-11-26)42-31(40-17-25)43-32(39-5)49-22-34(36,37)38/h7,9-13,16,19,23H,5,8,14-15,17-18,20-22H2,1-4,6H3,(H,40,42)(H,41,46)/b9-7-,25-16+,27-19-,29-24-,43-32?. The first-order valence-electron chi connectivity index (χ1n) is 15.5. The number of alkyl halides is 3. The second-order valence-electron chi connectivity index (χ2n) is 11.7. The van der Waals surface area contributed by atoms with Gasteiger partial charge in [-0.3, -0.25) is 14.5 Å². The molecular formula is C34H44ClF3N6O6. The maximum atomic E-state index is 13.1. The van der Waals surface area contributed by atoms with Gasteiger partial charge in [-0.05, 0) is 68.3 Å². The number of carbonyl (C=O) groups excluding carboxylic acids is 2. The quantitative estimate of drug-likeness (QED) is 0.147. The van der Waals surface area contributed by atoms with Gasteiger partial charge in [0.1, 0.15) is 17.8 Å². The summed E-state index contributed by atoms with van der Waals surface area (Å²) in [4.78, 5) is 38.0. The van der Waals surface area contributed by atoms with E-state index in [0.717, 1.165) is 0 Å². The first kappa shape index (κ1) is 41.5. The molecule has 274 valence electrons. The Labute approximate surface area is 295 Å². The number of benzene rings is 1. The van der Waals surface area contributed by atoms with Crippen LogP contribution in [-0.4, -0.2) is 95.2 Å². The summed E-state index contributed by atoms with van der Waals surface area (Å²) in [6.45, 7) is 11.5. The van der Waals surface area contributed by atoms with E-state index < -0.39 is 24.2 Å². The van der Waals surface area contributed by atoms with Crippen molar-refractivity contribution in [1.82, 2.24) is 10.2 Å². The lowest BCUT2D eigenvalue weighted by molar-refractivity contribution is -0.156. The minimum Gasteiger partial charge on any atom is -0.500 e. The van der Waals surface area contributed by atoms with Gasteiger partial charge in [0.25, 0.3) is 12.4 Å². The summed E-state index contributed by atoms with van der Waals surface area (Å²) in [5.74, 6) is 0.385. The largest absolute Gasteiger partial charge is 0.500 e. The lowest BCUT2D eigenvalue weighted by Crippen LogP contribution is -2.43. The summed E-state index contributed by atoms with van der Waals surface area (Å²) in [7, 11) is 1.50. The highest BCUT2D eigenvalue weighted by Gasteiger charge is 2.29. The minimum atomic E-state index is -4.62. The SMILES string of the molecule is C=NC(=NC1=NCC(/C=C\C)=C/C(Cl)=C/OCCCN(C/C(OC)=C(\C)OC=O)CC(C)(C)CNC(=O)c2ccc(cc2)N1)OCC(F)(F)F. The van der Waals surface area contributed by atoms with E-state index in [1.807, 2.05) is 13.8 Å². The molecule has 0 fully saturated rings. The molecule has 2 aliphatic heterocycles. The Hall–Kier alpha value is -4.63. The van der Waals surface area contributed by atoms with Crippen LogP contribution in [0.25, 0.3) is 0 Å². The molecule has 0 atom stereocenters. The maximum absolute atomic E-state index is 13.1. The average molecular weight is 725 g/mol. The molecule has 2 N–H and O–H groups in total. The number of fused-ring (bicyclic) bond motifs is 16. The topological polar surface area (TPSA) is 135 Å². The number of hydrogen-bond acceptors (Lipinski definition) is 10. The molecule has 0 aromatic heterocycles. The number of amides is 1. The molecule has 0 unspecified atom stereocenters. The zero-order chi connectivity index (χ0) is 37.2. The Balaban J connectivity index is 2.48. The number of carbonyl (C=O) groups is 2. The first-order valence-corrected chi connectivity index (χ1v) is 15.9. The molecule has 1 aromatic carbocycles. The highest BCUT2D eigenvalue weighted by atomic mass is 35.5. The number of halogens is 4. The van der Waals surface area contributed by atoms with E-state index in [-0.39, 0.29) is 23.4 Å². The molecule has 0 aliphatic carbocycles. The molecule has 0 saturated heterocycles. The number of amidine groups is 1. The third kappa shape index (κ3) is 16.2. The number of rotatable bonds is 7. The third-order valence-electron chi connectivity index (χ3n) is 6.76. The predicted octanol–water partition coefficient (Wildman–Crippen LogP) is 6.20. The average Bonchev–Trinajstić information content (AvgIpc) is 3.05. The third-order valence-corrected chi connectivity index (χ3v) is 6.96. The summed E-state index contributed by atoms with van der Waals surface area (Å²) in [5.41, 5.74) is 1.02. The van der Waals surface area contributed by atoms with Crippen LogP contribution in [0.3, 0.4) is 0 Å². The lowest BCUT2D eigenvalue weighted by Gasteiger charge is -2.33. The van der Waals surface area contributed by atoms with Gasteiger partial charge in [0.05, 0.1) is 31.8 Å². The molecule has 50 heavy (non-hydrogen) atoms. The van der Waals surface area contributed by atoms with E-state index in [4.69, 9.17) is 25.8 Å². The van der Waals surface area contributed by atoms with Gasteiger partial charge in [0.15, 0.2) is 6.61 Å². The fourth-order valence-corrected chi connectivity index (χ4v) is 4.70. The summed E-state index contributed by atoms with van der Waals surface area (Å²) in [6, 6.07) is 5.71. The number of hydrogen-bond donors (Lipinski definition) is 2. The van der Waals surface area contributed by atoms with E-state index in [1.165, 1.54) is 13.4 Å². The molecule has 0 spiro atoms. The molecule has 3 rings (SSSR count). The van der Waals surface area contributed by atoms with Crippen molar-refractivity contribution in [2.45, 2.75) is 40.3 Å². The minimum absolute atomic E-state index is 0.00223. The van der Waals surface area contributed by atoms with Crippen LogP contribution in [0, 0.1) is 5.41 Å². The van der Waals surface area contributed by atoms with Crippen molar-refractivity contribution in [1.29, 1.82) is 0 Å². The molecule has 2 aliphatic rings. The van der Waals surface area contributed by atoms with E-state index in [0.29, 0.717) is 74.0 Å². The maximum Gasteiger partial charge on any atom is 0.422 e. The fourth-order valence-electron chi connectivity index (χ4n) is 4.49. The highest BCUT2D eigenvalue weighted by Crippen LogP contribution is 2.20. The molecule has 0 radical (unpaired) electrons. The molecule has 16 heteroatoms. The summed E-state index contributed by atoms with van der Waals surface area (Å²) >= 11 is 6.45. The predicted molar refractivity (Wildman–Crippen MR) is 188 cm³/mol. The molecule has 2 heterocycles. The summed E-state index contributed by atoms with van der Waals surface area (Å²) in [6.07, 6.45) is 2.51. The number of nitrogens with one attached hydrogen (secondary N) is 2. The van der Waals surface area contributed by atoms with Gasteiger partial charge in [-0.2, -0.15) is 18.2 Å². The van der Waals surface area contributed by atoms with E-state index in [2.05, 4.69) is 42.0 Å². The highest BCUT2D eigenvalue weighted by molar-refractivity contribution is 6.31. The van der Waals surface area contributed by atoms with Crippen molar-refractivity contribution in [3.05, 3.63) is 76.4 Å². The first-order chi connectivity index (χ1) is 23.7. The molecule has 1 aromatic rings. The van der Waals surface area contributed by atoms with Crippen LogP contribution in [0.2, 0.25) is 0 Å². The van der Waals surface area contributed by atoms with Crippen LogP contribution in [0.4, 0.5) is 18.9 Å². The lowest BCUT2D eigenvalue weighted by atomic mass is 9.92. The molecule has 0 saturated carbocycles. The van der Waals surface area contributed by atoms with Gasteiger partial charge in [-0.1, -0.05) is 37.6 Å². The van der Waals surface area contributed by atoms with Crippen molar-refractivity contribution in [2.75, 3.05) is 58.4 Å². The number of guanidine groups is 1. The van der Waals surface area contributed by atoms with E-state index in [1.54, 1.807) is 56.3 Å². The second-order valence-corrected chi connectivity index (χ2v) is 12.1. The fraction of sp³-hybridized carbons (Fsp3) is 0.441. The zero-order valence-corrected chi connectivity index (χ0v) is 29.6. The number of methoxy groups -OCH3 is 1. The molecule has 2 bridgehead atoms. The Morgan fingerprint density at radius 3 is 2.60 bits per heavy atom. The van der Waals surface area contributed by atoms with Gasteiger partial charge >= 0.3 is 12.2 Å². The van der Waals surface area contributed by atoms with Crippen LogP contribution in [-0.2, 0) is 23.7 Å². The van der Waals surface area contributed by atoms with E-state index in [9.17, 15) is 22.8 Å².